The van der Waals surface area contributed by atoms with Crippen molar-refractivity contribution in [1.82, 2.24) is 9.55 Å². The molecule has 0 aliphatic rings. The van der Waals surface area contributed by atoms with Crippen molar-refractivity contribution in [2.24, 2.45) is 7.05 Å². The third-order valence-corrected chi connectivity index (χ3v) is 3.94. The van der Waals surface area contributed by atoms with E-state index >= 15 is 0 Å². The van der Waals surface area contributed by atoms with E-state index in [-0.39, 0.29) is 5.91 Å². The molecule has 2 aromatic carbocycles. The first-order valence-electron chi connectivity index (χ1n) is 7.67. The number of nitrogens with one attached hydrogen (secondary N) is 2. The summed E-state index contributed by atoms with van der Waals surface area (Å²) in [6, 6.07) is 12.2. The molecule has 128 valence electrons. The summed E-state index contributed by atoms with van der Waals surface area (Å²) in [5, 5.41) is 5.37. The lowest BCUT2D eigenvalue weighted by Crippen LogP contribution is -2.13. The number of methoxy groups -OCH3 is 1. The summed E-state index contributed by atoms with van der Waals surface area (Å²) in [7, 11) is 3.23. The van der Waals surface area contributed by atoms with Gasteiger partial charge in [0.1, 0.15) is 5.82 Å². The minimum atomic E-state index is -0.546. The van der Waals surface area contributed by atoms with Gasteiger partial charge in [0.05, 0.1) is 18.1 Å². The number of carbonyl (C=O) groups excluding carboxylic acids is 2. The van der Waals surface area contributed by atoms with Gasteiger partial charge in [-0.2, -0.15) is 0 Å². The van der Waals surface area contributed by atoms with Gasteiger partial charge >= 0.3 is 6.09 Å². The van der Waals surface area contributed by atoms with Crippen LogP contribution in [0.4, 0.5) is 16.2 Å². The highest BCUT2D eigenvalue weighted by molar-refractivity contribution is 6.06. The van der Waals surface area contributed by atoms with Gasteiger partial charge in [-0.05, 0) is 49.4 Å². The molecule has 1 aromatic heterocycles. The maximum atomic E-state index is 12.4. The van der Waals surface area contributed by atoms with Gasteiger partial charge in [-0.15, -0.1) is 0 Å². The first kappa shape index (κ1) is 16.5. The molecule has 3 rings (SSSR count). The lowest BCUT2D eigenvalue weighted by molar-refractivity contribution is 0.102. The van der Waals surface area contributed by atoms with Crippen LogP contribution in [0, 0.1) is 6.92 Å². The molecule has 7 heteroatoms. The molecule has 0 bridgehead atoms. The molecule has 3 aromatic rings. The highest BCUT2D eigenvalue weighted by atomic mass is 16.5. The van der Waals surface area contributed by atoms with Crippen LogP contribution in [-0.2, 0) is 11.8 Å². The zero-order valence-electron chi connectivity index (χ0n) is 14.2. The number of aromatic nitrogens is 2. The third kappa shape index (κ3) is 3.45. The van der Waals surface area contributed by atoms with Crippen molar-refractivity contribution in [1.29, 1.82) is 0 Å². The normalized spacial score (nSPS) is 10.5. The lowest BCUT2D eigenvalue weighted by Gasteiger charge is -2.07. The van der Waals surface area contributed by atoms with Gasteiger partial charge in [-0.3, -0.25) is 10.1 Å². The van der Waals surface area contributed by atoms with Gasteiger partial charge in [-0.25, -0.2) is 9.78 Å². The van der Waals surface area contributed by atoms with Crippen LogP contribution in [0.15, 0.2) is 42.5 Å². The van der Waals surface area contributed by atoms with Crippen LogP contribution in [0.5, 0.6) is 0 Å². The van der Waals surface area contributed by atoms with Crippen LogP contribution in [0.3, 0.4) is 0 Å². The smallest absolute Gasteiger partial charge is 0.411 e. The monoisotopic (exact) mass is 338 g/mol. The number of ether oxygens (including phenoxy) is 1. The second-order valence-corrected chi connectivity index (χ2v) is 5.57. The summed E-state index contributed by atoms with van der Waals surface area (Å²) in [6.45, 7) is 1.92. The van der Waals surface area contributed by atoms with Crippen molar-refractivity contribution in [3.8, 4) is 0 Å². The topological polar surface area (TPSA) is 85.2 Å². The fourth-order valence-corrected chi connectivity index (χ4v) is 2.47. The van der Waals surface area contributed by atoms with Crippen molar-refractivity contribution in [2.45, 2.75) is 6.92 Å². The number of hydrogen-bond donors (Lipinski definition) is 2. The quantitative estimate of drug-likeness (QED) is 0.767. The van der Waals surface area contributed by atoms with Gasteiger partial charge in [0.2, 0.25) is 0 Å². The summed E-state index contributed by atoms with van der Waals surface area (Å²) in [4.78, 5) is 28.0. The van der Waals surface area contributed by atoms with Gasteiger partial charge < -0.3 is 14.6 Å². The Bertz CT molecular complexity index is 945. The Morgan fingerprint density at radius 2 is 1.68 bits per heavy atom. The largest absolute Gasteiger partial charge is 0.453 e. The van der Waals surface area contributed by atoms with Crippen LogP contribution >= 0.6 is 0 Å². The molecular formula is C18H18N4O3. The zero-order valence-corrected chi connectivity index (χ0v) is 14.2. The second-order valence-electron chi connectivity index (χ2n) is 5.57. The Morgan fingerprint density at radius 3 is 2.32 bits per heavy atom. The van der Waals surface area contributed by atoms with Crippen molar-refractivity contribution in [3.63, 3.8) is 0 Å². The molecule has 1 heterocycles. The number of aryl methyl sites for hydroxylation is 2. The number of nitrogens with zero attached hydrogens (tertiary/aromatic N) is 2. The summed E-state index contributed by atoms with van der Waals surface area (Å²) in [6.07, 6.45) is -0.546. The minimum Gasteiger partial charge on any atom is -0.453 e. The first-order valence-corrected chi connectivity index (χ1v) is 7.67. The summed E-state index contributed by atoms with van der Waals surface area (Å²) in [5.41, 5.74) is 3.49. The summed E-state index contributed by atoms with van der Waals surface area (Å²) >= 11 is 0. The number of benzene rings is 2. The molecule has 0 aliphatic heterocycles. The predicted molar refractivity (Wildman–Crippen MR) is 95.9 cm³/mol. The SMILES string of the molecule is COC(=O)Nc1ccc(NC(=O)c2ccc3c(c2)nc(C)n3C)cc1. The lowest BCUT2D eigenvalue weighted by atomic mass is 10.2. The molecule has 0 saturated heterocycles. The molecule has 0 unspecified atom stereocenters. The summed E-state index contributed by atoms with van der Waals surface area (Å²) in [5.74, 6) is 0.667. The van der Waals surface area contributed by atoms with Gasteiger partial charge in [0.15, 0.2) is 0 Å². The van der Waals surface area contributed by atoms with Crippen LogP contribution in [0.25, 0.3) is 11.0 Å². The van der Waals surface area contributed by atoms with E-state index in [1.807, 2.05) is 24.6 Å². The van der Waals surface area contributed by atoms with E-state index in [0.29, 0.717) is 16.9 Å². The van der Waals surface area contributed by atoms with Gasteiger partial charge in [0, 0.05) is 24.0 Å². The van der Waals surface area contributed by atoms with Crippen molar-refractivity contribution < 1.29 is 14.3 Å². The molecule has 7 nitrogen and oxygen atoms in total. The maximum Gasteiger partial charge on any atom is 0.411 e. The van der Waals surface area contributed by atoms with E-state index in [4.69, 9.17) is 0 Å². The molecule has 25 heavy (non-hydrogen) atoms. The number of imidazole rings is 1. The van der Waals surface area contributed by atoms with Crippen molar-refractivity contribution in [3.05, 3.63) is 53.9 Å². The highest BCUT2D eigenvalue weighted by Crippen LogP contribution is 2.18. The fourth-order valence-electron chi connectivity index (χ4n) is 2.47. The number of hydrogen-bond acceptors (Lipinski definition) is 4. The van der Waals surface area contributed by atoms with E-state index in [2.05, 4.69) is 20.4 Å². The fraction of sp³-hybridized carbons (Fsp3) is 0.167. The van der Waals surface area contributed by atoms with Gasteiger partial charge in [0.25, 0.3) is 5.91 Å². The number of fused-ring (bicyclic) bond motifs is 1. The molecule has 0 spiro atoms. The molecule has 2 N–H and O–H groups in total. The highest BCUT2D eigenvalue weighted by Gasteiger charge is 2.10. The first-order chi connectivity index (χ1) is 12.0. The molecule has 0 atom stereocenters. The van der Waals surface area contributed by atoms with Crippen LogP contribution in [-0.4, -0.2) is 28.7 Å². The van der Waals surface area contributed by atoms with Crippen LogP contribution in [0.1, 0.15) is 16.2 Å². The van der Waals surface area contributed by atoms with E-state index < -0.39 is 6.09 Å². The summed E-state index contributed by atoms with van der Waals surface area (Å²) < 4.78 is 6.50. The van der Waals surface area contributed by atoms with Crippen molar-refractivity contribution in [2.75, 3.05) is 17.7 Å². The second kappa shape index (κ2) is 6.64. The molecular weight excluding hydrogens is 320 g/mol. The average Bonchev–Trinajstić information content (AvgIpc) is 2.90. The Labute approximate surface area is 144 Å². The molecule has 2 amide bonds. The molecule has 0 saturated carbocycles. The number of rotatable bonds is 3. The Morgan fingerprint density at radius 1 is 1.04 bits per heavy atom. The van der Waals surface area contributed by atoms with E-state index in [1.54, 1.807) is 36.4 Å². The predicted octanol–water partition coefficient (Wildman–Crippen LogP) is 3.31. The average molecular weight is 338 g/mol. The Kier molecular flexibility index (Phi) is 4.38. The zero-order chi connectivity index (χ0) is 18.0. The van der Waals surface area contributed by atoms with Crippen molar-refractivity contribution >= 4 is 34.4 Å². The van der Waals surface area contributed by atoms with Gasteiger partial charge in [-0.1, -0.05) is 0 Å². The van der Waals surface area contributed by atoms with E-state index in [9.17, 15) is 9.59 Å². The third-order valence-electron chi connectivity index (χ3n) is 3.94. The molecule has 0 aliphatic carbocycles. The minimum absolute atomic E-state index is 0.223. The van der Waals surface area contributed by atoms with Crippen LogP contribution in [0.2, 0.25) is 0 Å². The Hall–Kier alpha value is -3.35. The maximum absolute atomic E-state index is 12.4. The molecule has 0 radical (unpaired) electrons. The van der Waals surface area contributed by atoms with Crippen LogP contribution < -0.4 is 10.6 Å². The van der Waals surface area contributed by atoms with E-state index in [1.165, 1.54) is 7.11 Å². The Balaban J connectivity index is 1.74. The number of anilines is 2. The number of amides is 2. The molecule has 0 fully saturated rings. The number of carbonyl (C=O) groups is 2. The standard InChI is InChI=1S/C18H18N4O3/c1-11-19-15-10-12(4-9-16(15)22(11)2)17(23)20-13-5-7-14(8-6-13)21-18(24)25-3/h4-10H,1-3H3,(H,20,23)(H,21,24). The van der Waals surface area contributed by atoms with E-state index in [0.717, 1.165) is 16.9 Å².